The van der Waals surface area contributed by atoms with Crippen LogP contribution in [0.15, 0.2) is 17.4 Å². The summed E-state index contributed by atoms with van der Waals surface area (Å²) in [7, 11) is 0. The zero-order valence-electron chi connectivity index (χ0n) is 21.1. The summed E-state index contributed by atoms with van der Waals surface area (Å²) < 4.78 is 75.6. The van der Waals surface area contributed by atoms with Crippen molar-refractivity contribution in [3.63, 3.8) is 0 Å². The van der Waals surface area contributed by atoms with Crippen molar-refractivity contribution in [2.24, 2.45) is 5.92 Å². The van der Waals surface area contributed by atoms with Crippen LogP contribution in [-0.4, -0.2) is 88.5 Å². The number of nitrogen functional groups attached to an aromatic ring is 2. The zero-order valence-corrected chi connectivity index (χ0v) is 22.9. The molecule has 2 unspecified atom stereocenters. The molecular formula is C20H22F2N11O7PS. The molecule has 18 nitrogen and oxygen atoms in total. The molecule has 0 saturated carbocycles. The number of imidazole rings is 1. The number of anilines is 2. The second-order valence-corrected chi connectivity index (χ2v) is 12.6. The highest BCUT2D eigenvalue weighted by atomic mass is 32.7. The fraction of sp³-hybridized carbons (Fsp3) is 0.550. The molecule has 5 N–H and O–H groups in total. The molecule has 0 aliphatic carbocycles. The number of hydrogen-bond acceptors (Lipinski definition) is 15. The fourth-order valence-electron chi connectivity index (χ4n) is 5.29. The summed E-state index contributed by atoms with van der Waals surface area (Å²) in [5, 5.41) is 7.85. The summed E-state index contributed by atoms with van der Waals surface area (Å²) in [5.41, 5.74) is 11.0. The van der Waals surface area contributed by atoms with Gasteiger partial charge < -0.3 is 25.7 Å². The van der Waals surface area contributed by atoms with Crippen molar-refractivity contribution in [3.8, 4) is 0 Å². The van der Waals surface area contributed by atoms with Gasteiger partial charge in [0.25, 0.3) is 5.56 Å². The predicted molar refractivity (Wildman–Crippen MR) is 139 cm³/mol. The number of fused-ring (bicyclic) bond motifs is 5. The summed E-state index contributed by atoms with van der Waals surface area (Å²) in [6, 6.07) is 0. The van der Waals surface area contributed by atoms with Gasteiger partial charge in [0.05, 0.1) is 25.6 Å². The van der Waals surface area contributed by atoms with Crippen LogP contribution in [0.5, 0.6) is 0 Å². The van der Waals surface area contributed by atoms with Crippen LogP contribution in [-0.2, 0) is 27.8 Å². The molecule has 4 aromatic rings. The van der Waals surface area contributed by atoms with Crippen LogP contribution in [0.4, 0.5) is 20.5 Å². The van der Waals surface area contributed by atoms with Gasteiger partial charge in [0.15, 0.2) is 59.2 Å². The summed E-state index contributed by atoms with van der Waals surface area (Å²) in [6.07, 6.45) is -8.10. The molecule has 2 bridgehead atoms. The summed E-state index contributed by atoms with van der Waals surface area (Å²) in [4.78, 5) is 30.5. The smallest absolute Gasteiger partial charge is 0.382 e. The first-order chi connectivity index (χ1) is 20.1. The van der Waals surface area contributed by atoms with Gasteiger partial charge in [-0.3, -0.25) is 23.4 Å². The predicted octanol–water partition coefficient (Wildman–Crippen LogP) is 0.424. The van der Waals surface area contributed by atoms with E-state index in [0.717, 1.165) is 4.68 Å². The van der Waals surface area contributed by atoms with Crippen molar-refractivity contribution < 1.29 is 36.6 Å². The van der Waals surface area contributed by atoms with Gasteiger partial charge in [-0.05, 0) is 6.42 Å². The molecule has 3 saturated heterocycles. The SMILES string of the molecule is Nc1nc2c(ncn2[C@@H]2OC3OCC[C@H]4[C@H](F)[C@H](n5nnc6c(N)ncnc65)O[C@@H]4COP(=O)(S)O[C@@H]2[C@@H]3F)c(=O)[nH]1. The lowest BCUT2D eigenvalue weighted by Gasteiger charge is -2.26. The van der Waals surface area contributed by atoms with Crippen molar-refractivity contribution in [1.82, 2.24) is 44.5 Å². The van der Waals surface area contributed by atoms with Crippen LogP contribution < -0.4 is 17.0 Å². The molecule has 4 aromatic heterocycles. The van der Waals surface area contributed by atoms with E-state index < -0.39 is 68.2 Å². The van der Waals surface area contributed by atoms with E-state index in [-0.39, 0.29) is 47.1 Å². The molecule has 0 spiro atoms. The Balaban J connectivity index is 1.17. The quantitative estimate of drug-likeness (QED) is 0.174. The average Bonchev–Trinajstić information content (AvgIpc) is 3.69. The number of nitrogens with zero attached hydrogens (tertiary/aromatic N) is 8. The number of nitrogens with two attached hydrogens (primary N) is 2. The van der Waals surface area contributed by atoms with Crippen LogP contribution in [0.25, 0.3) is 22.3 Å². The van der Waals surface area contributed by atoms with Crippen molar-refractivity contribution >= 4 is 53.1 Å². The van der Waals surface area contributed by atoms with E-state index in [1.807, 2.05) is 0 Å². The lowest BCUT2D eigenvalue weighted by atomic mass is 9.96. The number of H-pyrrole nitrogens is 1. The van der Waals surface area contributed by atoms with Gasteiger partial charge in [-0.1, -0.05) is 17.5 Å². The van der Waals surface area contributed by atoms with Crippen LogP contribution in [0, 0.1) is 5.92 Å². The number of thiol groups is 1. The average molecular weight is 630 g/mol. The van der Waals surface area contributed by atoms with Crippen molar-refractivity contribution in [3.05, 3.63) is 23.0 Å². The maximum Gasteiger partial charge on any atom is 0.386 e. The van der Waals surface area contributed by atoms with E-state index in [9.17, 15) is 9.36 Å². The minimum atomic E-state index is -4.34. The van der Waals surface area contributed by atoms with E-state index in [0.29, 0.717) is 0 Å². The Morgan fingerprint density at radius 3 is 2.76 bits per heavy atom. The van der Waals surface area contributed by atoms with Crippen molar-refractivity contribution in [1.29, 1.82) is 0 Å². The van der Waals surface area contributed by atoms with Gasteiger partial charge in [0.1, 0.15) is 12.4 Å². The molecule has 0 radical (unpaired) electrons. The van der Waals surface area contributed by atoms with Gasteiger partial charge in [0.2, 0.25) is 5.95 Å². The maximum atomic E-state index is 15.9. The summed E-state index contributed by atoms with van der Waals surface area (Å²) >= 11 is 4.02. The van der Waals surface area contributed by atoms with Crippen LogP contribution in [0.2, 0.25) is 0 Å². The van der Waals surface area contributed by atoms with Gasteiger partial charge in [0, 0.05) is 5.92 Å². The number of aromatic nitrogens is 9. The van der Waals surface area contributed by atoms with Gasteiger partial charge in [-0.25, -0.2) is 28.3 Å². The number of aromatic amines is 1. The van der Waals surface area contributed by atoms with E-state index in [2.05, 4.69) is 47.5 Å². The third-order valence-electron chi connectivity index (χ3n) is 7.25. The standard InChI is InChI=1S/C20H22F2N11O7PS/c21-8-6-1-2-36-19-9(22)12(18(39-19)32-5-27-11-15(32)28-20(24)29-16(11)34)40-41(35,42)37-3-7(6)38-17(8)33-14-10(30-31-33)13(23)25-4-26-14/h4-9,12,17-19H,1-3H2,(H,35,42)(H2,23,25,26)(H3,24,28,29,34)/t6-,7-,8+,9+,12-,17-,18-,19?,41?/m1/s1. The molecule has 0 aromatic carbocycles. The van der Waals surface area contributed by atoms with Gasteiger partial charge >= 0.3 is 6.80 Å². The van der Waals surface area contributed by atoms with E-state index in [4.69, 9.17) is 34.7 Å². The molecular weight excluding hydrogens is 607 g/mol. The lowest BCUT2D eigenvalue weighted by molar-refractivity contribution is -0.168. The Morgan fingerprint density at radius 2 is 1.93 bits per heavy atom. The number of ether oxygens (including phenoxy) is 3. The summed E-state index contributed by atoms with van der Waals surface area (Å²) in [6.45, 7) is -4.94. The molecule has 42 heavy (non-hydrogen) atoms. The Hall–Kier alpha value is -3.33. The largest absolute Gasteiger partial charge is 0.386 e. The van der Waals surface area contributed by atoms with Crippen LogP contribution in [0.3, 0.4) is 0 Å². The summed E-state index contributed by atoms with van der Waals surface area (Å²) in [5.74, 6) is -1.05. The molecule has 22 heteroatoms. The number of hydrogen-bond donors (Lipinski definition) is 4. The van der Waals surface area contributed by atoms with Crippen molar-refractivity contribution in [2.45, 2.75) is 49.7 Å². The highest BCUT2D eigenvalue weighted by Gasteiger charge is 2.53. The molecule has 7 heterocycles. The number of alkyl halides is 2. The second kappa shape index (κ2) is 10.1. The molecule has 3 aliphatic heterocycles. The molecule has 3 aliphatic rings. The first kappa shape index (κ1) is 27.5. The maximum absolute atomic E-state index is 15.9. The molecule has 9 atom stereocenters. The minimum absolute atomic E-state index is 0.0244. The fourth-order valence-corrected chi connectivity index (χ4v) is 6.74. The zero-order chi connectivity index (χ0) is 29.3. The first-order valence-electron chi connectivity index (χ1n) is 12.5. The first-order valence-corrected chi connectivity index (χ1v) is 15.2. The van der Waals surface area contributed by atoms with E-state index in [1.165, 1.54) is 17.2 Å². The Bertz CT molecular complexity index is 1780. The van der Waals surface area contributed by atoms with E-state index >= 15 is 8.78 Å². The van der Waals surface area contributed by atoms with Crippen molar-refractivity contribution in [2.75, 3.05) is 24.7 Å². The number of rotatable bonds is 2. The van der Waals surface area contributed by atoms with E-state index in [1.54, 1.807) is 0 Å². The Labute approximate surface area is 237 Å². The van der Waals surface area contributed by atoms with Gasteiger partial charge in [-0.15, -0.1) is 5.10 Å². The Morgan fingerprint density at radius 1 is 1.10 bits per heavy atom. The highest BCUT2D eigenvalue weighted by Crippen LogP contribution is 2.58. The topological polar surface area (TPSA) is 235 Å². The third-order valence-corrected chi connectivity index (χ3v) is 8.86. The normalized spacial score (nSPS) is 35.7. The minimum Gasteiger partial charge on any atom is -0.382 e. The van der Waals surface area contributed by atoms with Gasteiger partial charge in [-0.2, -0.15) is 9.67 Å². The molecule has 7 rings (SSSR count). The Kier molecular flexibility index (Phi) is 6.64. The van der Waals surface area contributed by atoms with Crippen LogP contribution >= 0.6 is 19.0 Å². The molecule has 0 amide bonds. The number of halogens is 2. The molecule has 224 valence electrons. The lowest BCUT2D eigenvalue weighted by Crippen LogP contribution is -2.34. The number of nitrogens with one attached hydrogen (secondary N) is 1. The third kappa shape index (κ3) is 4.51. The van der Waals surface area contributed by atoms with Crippen LogP contribution in [0.1, 0.15) is 18.9 Å². The monoisotopic (exact) mass is 629 g/mol. The highest BCUT2D eigenvalue weighted by molar-refractivity contribution is 8.44. The second-order valence-electron chi connectivity index (χ2n) is 9.75. The molecule has 3 fully saturated rings.